The van der Waals surface area contributed by atoms with Crippen molar-refractivity contribution in [2.75, 3.05) is 11.1 Å². The van der Waals surface area contributed by atoms with Gasteiger partial charge in [-0.05, 0) is 18.2 Å². The van der Waals surface area contributed by atoms with Gasteiger partial charge in [0, 0.05) is 16.2 Å². The van der Waals surface area contributed by atoms with Crippen LogP contribution >= 0.6 is 15.9 Å². The third kappa shape index (κ3) is 2.22. The van der Waals surface area contributed by atoms with Crippen molar-refractivity contribution in [1.29, 1.82) is 0 Å². The topological polar surface area (TPSA) is 81.2 Å². The maximum Gasteiger partial charge on any atom is 0.258 e. The Morgan fingerprint density at radius 1 is 1.44 bits per heavy atom. The van der Waals surface area contributed by atoms with Gasteiger partial charge in [0.25, 0.3) is 5.91 Å². The molecule has 6 heteroatoms. The van der Waals surface area contributed by atoms with E-state index in [2.05, 4.69) is 30.9 Å². The Bertz CT molecular complexity index is 511. The average Bonchev–Trinajstić information content (AvgIpc) is 2.70. The summed E-state index contributed by atoms with van der Waals surface area (Å²) < 4.78 is 5.42. The molecule has 1 amide bonds. The minimum absolute atomic E-state index is 0.320. The van der Waals surface area contributed by atoms with E-state index in [1.54, 1.807) is 24.3 Å². The lowest BCUT2D eigenvalue weighted by atomic mass is 10.1. The zero-order valence-corrected chi connectivity index (χ0v) is 9.69. The summed E-state index contributed by atoms with van der Waals surface area (Å²) in [6.45, 7) is 0. The lowest BCUT2D eigenvalue weighted by molar-refractivity contribution is 0.102. The molecule has 0 spiro atoms. The van der Waals surface area contributed by atoms with Crippen molar-refractivity contribution in [1.82, 2.24) is 5.16 Å². The van der Waals surface area contributed by atoms with E-state index in [0.717, 1.165) is 4.47 Å². The fourth-order valence-corrected chi connectivity index (χ4v) is 1.58. The number of nitrogens with two attached hydrogens (primary N) is 1. The summed E-state index contributed by atoms with van der Waals surface area (Å²) in [6, 6.07) is 6.59. The Kier molecular flexibility index (Phi) is 2.91. The standard InChI is InChI=1S/C10H8BrN3O2/c11-6-1-2-7(8(12)5-6)10(15)13-9-3-4-16-14-9/h1-5H,12H2,(H,13,14,15). The fraction of sp³-hybridized carbons (Fsp3) is 0. The third-order valence-electron chi connectivity index (χ3n) is 1.94. The average molecular weight is 282 g/mol. The van der Waals surface area contributed by atoms with Crippen molar-refractivity contribution in [3.8, 4) is 0 Å². The molecule has 0 radical (unpaired) electrons. The molecule has 1 aromatic carbocycles. The molecule has 0 aliphatic rings. The number of nitrogens with one attached hydrogen (secondary N) is 1. The van der Waals surface area contributed by atoms with Gasteiger partial charge in [0.15, 0.2) is 5.82 Å². The van der Waals surface area contributed by atoms with Crippen LogP contribution < -0.4 is 11.1 Å². The number of hydrogen-bond acceptors (Lipinski definition) is 4. The van der Waals surface area contributed by atoms with E-state index >= 15 is 0 Å². The molecule has 3 N–H and O–H groups in total. The first-order valence-corrected chi connectivity index (χ1v) is 5.23. The summed E-state index contributed by atoms with van der Waals surface area (Å²) >= 11 is 3.27. The molecule has 0 saturated carbocycles. The van der Waals surface area contributed by atoms with E-state index in [9.17, 15) is 4.79 Å². The largest absolute Gasteiger partial charge is 0.398 e. The minimum atomic E-state index is -0.320. The number of nitrogen functional groups attached to an aromatic ring is 1. The lowest BCUT2D eigenvalue weighted by Gasteiger charge is -2.05. The number of benzene rings is 1. The molecule has 0 unspecified atom stereocenters. The number of hydrogen-bond donors (Lipinski definition) is 2. The molecule has 1 aromatic heterocycles. The number of halogens is 1. The number of amides is 1. The highest BCUT2D eigenvalue weighted by Crippen LogP contribution is 2.19. The van der Waals surface area contributed by atoms with Crippen LogP contribution in [0.5, 0.6) is 0 Å². The monoisotopic (exact) mass is 281 g/mol. The zero-order chi connectivity index (χ0) is 11.5. The number of aromatic nitrogens is 1. The second-order valence-corrected chi connectivity index (χ2v) is 3.99. The second kappa shape index (κ2) is 4.36. The summed E-state index contributed by atoms with van der Waals surface area (Å²) in [5.41, 5.74) is 6.51. The Morgan fingerprint density at radius 3 is 2.88 bits per heavy atom. The predicted octanol–water partition coefficient (Wildman–Crippen LogP) is 2.27. The Morgan fingerprint density at radius 2 is 2.25 bits per heavy atom. The van der Waals surface area contributed by atoms with E-state index in [4.69, 9.17) is 5.73 Å². The van der Waals surface area contributed by atoms with Crippen LogP contribution in [0.15, 0.2) is 39.5 Å². The first-order valence-electron chi connectivity index (χ1n) is 4.43. The van der Waals surface area contributed by atoms with Crippen LogP contribution in [-0.2, 0) is 0 Å². The molecule has 2 aromatic rings. The Hall–Kier alpha value is -1.82. The van der Waals surface area contributed by atoms with E-state index < -0.39 is 0 Å². The van der Waals surface area contributed by atoms with Gasteiger partial charge in [-0.2, -0.15) is 0 Å². The van der Waals surface area contributed by atoms with Crippen LogP contribution in [0.3, 0.4) is 0 Å². The SMILES string of the molecule is Nc1cc(Br)ccc1C(=O)Nc1ccon1. The fourth-order valence-electron chi connectivity index (χ4n) is 1.20. The maximum absolute atomic E-state index is 11.8. The molecule has 0 aliphatic heterocycles. The summed E-state index contributed by atoms with van der Waals surface area (Å²) in [7, 11) is 0. The highest BCUT2D eigenvalue weighted by Gasteiger charge is 2.11. The number of carbonyl (C=O) groups is 1. The number of rotatable bonds is 2. The Labute approximate surface area is 99.7 Å². The van der Waals surface area contributed by atoms with Gasteiger partial charge in [-0.1, -0.05) is 21.1 Å². The second-order valence-electron chi connectivity index (χ2n) is 3.07. The van der Waals surface area contributed by atoms with E-state index in [0.29, 0.717) is 17.1 Å². The van der Waals surface area contributed by atoms with Crippen LogP contribution in [0, 0.1) is 0 Å². The van der Waals surface area contributed by atoms with Crippen LogP contribution in [0.1, 0.15) is 10.4 Å². The van der Waals surface area contributed by atoms with E-state index in [-0.39, 0.29) is 5.91 Å². The maximum atomic E-state index is 11.8. The molecular weight excluding hydrogens is 274 g/mol. The van der Waals surface area contributed by atoms with Gasteiger partial charge >= 0.3 is 0 Å². The van der Waals surface area contributed by atoms with Gasteiger partial charge in [-0.15, -0.1) is 0 Å². The van der Waals surface area contributed by atoms with Gasteiger partial charge in [0.1, 0.15) is 6.26 Å². The van der Waals surface area contributed by atoms with Crippen LogP contribution in [0.4, 0.5) is 11.5 Å². The van der Waals surface area contributed by atoms with Crippen LogP contribution in [0.25, 0.3) is 0 Å². The highest BCUT2D eigenvalue weighted by molar-refractivity contribution is 9.10. The van der Waals surface area contributed by atoms with Gasteiger partial charge < -0.3 is 15.6 Å². The van der Waals surface area contributed by atoms with Crippen LogP contribution in [0.2, 0.25) is 0 Å². The molecule has 2 rings (SSSR count). The zero-order valence-electron chi connectivity index (χ0n) is 8.11. The predicted molar refractivity (Wildman–Crippen MR) is 63.0 cm³/mol. The van der Waals surface area contributed by atoms with Crippen molar-refractivity contribution in [2.45, 2.75) is 0 Å². The lowest BCUT2D eigenvalue weighted by Crippen LogP contribution is -2.14. The summed E-state index contributed by atoms with van der Waals surface area (Å²) in [5.74, 6) is 0.0335. The van der Waals surface area contributed by atoms with Crippen LogP contribution in [-0.4, -0.2) is 11.1 Å². The van der Waals surface area contributed by atoms with Crippen molar-refractivity contribution in [3.63, 3.8) is 0 Å². The summed E-state index contributed by atoms with van der Waals surface area (Å²) in [6.07, 6.45) is 1.38. The quantitative estimate of drug-likeness (QED) is 0.828. The van der Waals surface area contributed by atoms with Crippen molar-refractivity contribution >= 4 is 33.3 Å². The molecule has 0 saturated heterocycles. The first-order chi connectivity index (χ1) is 7.66. The third-order valence-corrected chi connectivity index (χ3v) is 2.43. The van der Waals surface area contributed by atoms with Gasteiger partial charge in [-0.3, -0.25) is 4.79 Å². The van der Waals surface area contributed by atoms with Gasteiger partial charge in [-0.25, -0.2) is 0 Å². The Balaban J connectivity index is 2.21. The highest BCUT2D eigenvalue weighted by atomic mass is 79.9. The van der Waals surface area contributed by atoms with E-state index in [1.165, 1.54) is 6.26 Å². The molecular formula is C10H8BrN3O2. The summed E-state index contributed by atoms with van der Waals surface area (Å²) in [4.78, 5) is 11.8. The molecule has 0 atom stereocenters. The number of carbonyl (C=O) groups excluding carboxylic acids is 1. The molecule has 0 bridgehead atoms. The van der Waals surface area contributed by atoms with Crippen molar-refractivity contribution < 1.29 is 9.32 Å². The molecule has 0 aliphatic carbocycles. The molecule has 5 nitrogen and oxygen atoms in total. The normalized spacial score (nSPS) is 10.1. The molecule has 16 heavy (non-hydrogen) atoms. The van der Waals surface area contributed by atoms with Gasteiger partial charge in [0.05, 0.1) is 5.56 Å². The smallest absolute Gasteiger partial charge is 0.258 e. The molecule has 82 valence electrons. The molecule has 0 fully saturated rings. The minimum Gasteiger partial charge on any atom is -0.398 e. The van der Waals surface area contributed by atoms with Gasteiger partial charge in [0.2, 0.25) is 0 Å². The number of nitrogens with zero attached hydrogens (tertiary/aromatic N) is 1. The number of anilines is 2. The summed E-state index contributed by atoms with van der Waals surface area (Å²) in [5, 5.41) is 6.13. The molecule has 1 heterocycles. The van der Waals surface area contributed by atoms with E-state index in [1.807, 2.05) is 0 Å². The van der Waals surface area contributed by atoms with Crippen molar-refractivity contribution in [2.24, 2.45) is 0 Å². The van der Waals surface area contributed by atoms with Crippen molar-refractivity contribution in [3.05, 3.63) is 40.6 Å². The first kappa shape index (κ1) is 10.7.